The first-order valence-electron chi connectivity index (χ1n) is 7.82. The summed E-state index contributed by atoms with van der Waals surface area (Å²) in [6, 6.07) is 2.77. The van der Waals surface area contributed by atoms with Crippen LogP contribution in [0.15, 0.2) is 35.3 Å². The number of hydrogen-bond donors (Lipinski definition) is 0. The molecule has 0 heterocycles. The van der Waals surface area contributed by atoms with Gasteiger partial charge in [0.15, 0.2) is 0 Å². The van der Waals surface area contributed by atoms with Crippen LogP contribution in [0.3, 0.4) is 0 Å². The molecule has 25 heavy (non-hydrogen) atoms. The van der Waals surface area contributed by atoms with E-state index in [1.165, 1.54) is 6.07 Å². The lowest BCUT2D eigenvalue weighted by atomic mass is 9.93. The minimum Gasteiger partial charge on any atom is -0.366 e. The molecule has 8 heteroatoms. The fourth-order valence-electron chi connectivity index (χ4n) is 2.50. The summed E-state index contributed by atoms with van der Waals surface area (Å²) in [6.07, 6.45) is -3.41. The topological polar surface area (TPSA) is 58.7 Å². The summed E-state index contributed by atoms with van der Waals surface area (Å²) in [7, 11) is 3.50. The van der Waals surface area contributed by atoms with Crippen molar-refractivity contribution >= 4 is 17.2 Å². The van der Waals surface area contributed by atoms with E-state index in [0.717, 1.165) is 18.1 Å². The van der Waals surface area contributed by atoms with Crippen LogP contribution in [0.4, 0.5) is 24.5 Å². The van der Waals surface area contributed by atoms with E-state index in [9.17, 15) is 23.3 Å². The first kappa shape index (κ1) is 20.7. The average molecular weight is 357 g/mol. The quantitative estimate of drug-likeness (QED) is 0.231. The standard InChI is InChI=1S/C17H22F3N3O2/c1-6-11(3)13(7-2)16(22(4)5)21-12-8-9-15(23(24)25)14(10-12)17(18,19)20/h8-10,13H,3,6-7H2,1-2,4-5H3. The molecule has 0 aliphatic heterocycles. The zero-order valence-corrected chi connectivity index (χ0v) is 14.7. The van der Waals surface area contributed by atoms with Crippen LogP contribution >= 0.6 is 0 Å². The average Bonchev–Trinajstić information content (AvgIpc) is 2.52. The molecule has 1 unspecified atom stereocenters. The molecule has 0 saturated heterocycles. The number of aliphatic imine (C=N–C) groups is 1. The Kier molecular flexibility index (Phi) is 6.72. The molecule has 0 amide bonds. The highest BCUT2D eigenvalue weighted by Gasteiger charge is 2.38. The van der Waals surface area contributed by atoms with E-state index in [-0.39, 0.29) is 11.6 Å². The number of amidine groups is 1. The molecule has 1 aromatic rings. The predicted octanol–water partition coefficient (Wildman–Crippen LogP) is 5.20. The van der Waals surface area contributed by atoms with Gasteiger partial charge in [0.1, 0.15) is 11.4 Å². The van der Waals surface area contributed by atoms with Crippen LogP contribution in [0.5, 0.6) is 0 Å². The number of nitro groups is 1. The molecular weight excluding hydrogens is 335 g/mol. The predicted molar refractivity (Wildman–Crippen MR) is 92.1 cm³/mol. The summed E-state index contributed by atoms with van der Waals surface area (Å²) in [6.45, 7) is 7.90. The monoisotopic (exact) mass is 357 g/mol. The molecule has 5 nitrogen and oxygen atoms in total. The van der Waals surface area contributed by atoms with Crippen LogP contribution in [0.25, 0.3) is 0 Å². The lowest BCUT2D eigenvalue weighted by Crippen LogP contribution is -2.30. The van der Waals surface area contributed by atoms with E-state index in [0.29, 0.717) is 18.3 Å². The van der Waals surface area contributed by atoms with Crippen molar-refractivity contribution in [3.63, 3.8) is 0 Å². The number of alkyl halides is 3. The summed E-state index contributed by atoms with van der Waals surface area (Å²) in [5.41, 5.74) is -1.35. The van der Waals surface area contributed by atoms with E-state index in [2.05, 4.69) is 11.6 Å². The number of hydrogen-bond acceptors (Lipinski definition) is 3. The molecule has 0 aliphatic rings. The maximum absolute atomic E-state index is 13.1. The highest BCUT2D eigenvalue weighted by molar-refractivity contribution is 5.89. The number of halogens is 3. The molecule has 0 N–H and O–H groups in total. The van der Waals surface area contributed by atoms with E-state index in [1.807, 2.05) is 13.8 Å². The SMILES string of the molecule is C=C(CC)C(CC)C(=Nc1ccc([N+](=O)[O-])c(C(F)(F)F)c1)N(C)C. The minimum absolute atomic E-state index is 0.0176. The minimum atomic E-state index is -4.83. The molecule has 0 fully saturated rings. The van der Waals surface area contributed by atoms with Crippen molar-refractivity contribution in [2.75, 3.05) is 14.1 Å². The van der Waals surface area contributed by atoms with Gasteiger partial charge in [-0.3, -0.25) is 10.1 Å². The Bertz CT molecular complexity index is 682. The van der Waals surface area contributed by atoms with Crippen molar-refractivity contribution in [3.05, 3.63) is 46.0 Å². The van der Waals surface area contributed by atoms with Crippen LogP contribution in [-0.4, -0.2) is 29.8 Å². The zero-order valence-electron chi connectivity index (χ0n) is 14.7. The van der Waals surface area contributed by atoms with Crippen LogP contribution in [-0.2, 0) is 6.18 Å². The first-order valence-corrected chi connectivity index (χ1v) is 7.82. The second kappa shape index (κ2) is 8.13. The Morgan fingerprint density at radius 3 is 2.36 bits per heavy atom. The molecule has 0 spiro atoms. The second-order valence-corrected chi connectivity index (χ2v) is 5.79. The fourth-order valence-corrected chi connectivity index (χ4v) is 2.50. The molecule has 0 bridgehead atoms. The number of benzene rings is 1. The molecule has 0 aliphatic carbocycles. The number of nitrogens with zero attached hydrogens (tertiary/aromatic N) is 3. The van der Waals surface area contributed by atoms with Crippen molar-refractivity contribution in [2.24, 2.45) is 10.9 Å². The normalized spacial score (nSPS) is 13.5. The van der Waals surface area contributed by atoms with Gasteiger partial charge in [-0.25, -0.2) is 4.99 Å². The third-order valence-corrected chi connectivity index (χ3v) is 3.85. The Labute approximate surface area is 145 Å². The van der Waals surface area contributed by atoms with Gasteiger partial charge in [-0.1, -0.05) is 26.0 Å². The van der Waals surface area contributed by atoms with Gasteiger partial charge in [-0.15, -0.1) is 0 Å². The summed E-state index contributed by atoms with van der Waals surface area (Å²) < 4.78 is 39.3. The highest BCUT2D eigenvalue weighted by Crippen LogP contribution is 2.38. The van der Waals surface area contributed by atoms with Gasteiger partial charge >= 0.3 is 6.18 Å². The van der Waals surface area contributed by atoms with Crippen molar-refractivity contribution < 1.29 is 18.1 Å². The second-order valence-electron chi connectivity index (χ2n) is 5.79. The largest absolute Gasteiger partial charge is 0.423 e. The third-order valence-electron chi connectivity index (χ3n) is 3.85. The van der Waals surface area contributed by atoms with Crippen molar-refractivity contribution in [2.45, 2.75) is 32.9 Å². The number of nitro benzene ring substituents is 1. The maximum atomic E-state index is 13.1. The molecule has 0 saturated carbocycles. The molecule has 138 valence electrons. The Balaban J connectivity index is 3.49. The van der Waals surface area contributed by atoms with E-state index in [4.69, 9.17) is 0 Å². The van der Waals surface area contributed by atoms with E-state index >= 15 is 0 Å². The van der Waals surface area contributed by atoms with Gasteiger partial charge in [0.05, 0.1) is 10.6 Å². The van der Waals surface area contributed by atoms with Crippen LogP contribution < -0.4 is 0 Å². The smallest absolute Gasteiger partial charge is 0.366 e. The van der Waals surface area contributed by atoms with Gasteiger partial charge in [-0.2, -0.15) is 13.2 Å². The van der Waals surface area contributed by atoms with Crippen molar-refractivity contribution in [1.82, 2.24) is 4.90 Å². The third kappa shape index (κ3) is 5.04. The van der Waals surface area contributed by atoms with Gasteiger partial charge in [0.25, 0.3) is 5.69 Å². The van der Waals surface area contributed by atoms with E-state index in [1.54, 1.807) is 19.0 Å². The first-order chi connectivity index (χ1) is 11.5. The Morgan fingerprint density at radius 1 is 1.36 bits per heavy atom. The van der Waals surface area contributed by atoms with Crippen LogP contribution in [0, 0.1) is 16.0 Å². The van der Waals surface area contributed by atoms with Gasteiger partial charge in [-0.05, 0) is 25.0 Å². The highest BCUT2D eigenvalue weighted by atomic mass is 19.4. The summed E-state index contributed by atoms with van der Waals surface area (Å²) in [4.78, 5) is 15.9. The van der Waals surface area contributed by atoms with Crippen LogP contribution in [0.1, 0.15) is 32.3 Å². The number of rotatable bonds is 6. The molecule has 1 aromatic carbocycles. The van der Waals surface area contributed by atoms with E-state index < -0.39 is 22.4 Å². The Hall–Kier alpha value is -2.38. The lowest BCUT2D eigenvalue weighted by molar-refractivity contribution is -0.388. The van der Waals surface area contributed by atoms with Crippen molar-refractivity contribution in [1.29, 1.82) is 0 Å². The van der Waals surface area contributed by atoms with Gasteiger partial charge in [0, 0.05) is 26.1 Å². The molecule has 0 aromatic heterocycles. The molecule has 1 rings (SSSR count). The summed E-state index contributed by atoms with van der Waals surface area (Å²) in [5, 5.41) is 10.8. The van der Waals surface area contributed by atoms with Gasteiger partial charge in [0.2, 0.25) is 0 Å². The maximum Gasteiger partial charge on any atom is 0.423 e. The van der Waals surface area contributed by atoms with Gasteiger partial charge < -0.3 is 4.90 Å². The molecule has 1 atom stereocenters. The fraction of sp³-hybridized carbons (Fsp3) is 0.471. The summed E-state index contributed by atoms with van der Waals surface area (Å²) >= 11 is 0. The zero-order chi connectivity index (χ0) is 19.4. The molecule has 0 radical (unpaired) electrons. The Morgan fingerprint density at radius 2 is 1.96 bits per heavy atom. The molecular formula is C17H22F3N3O2. The van der Waals surface area contributed by atoms with Crippen LogP contribution in [0.2, 0.25) is 0 Å². The van der Waals surface area contributed by atoms with Crippen molar-refractivity contribution in [3.8, 4) is 0 Å². The lowest BCUT2D eigenvalue weighted by Gasteiger charge is -2.25. The summed E-state index contributed by atoms with van der Waals surface area (Å²) in [5.74, 6) is 0.459.